The molecule has 2 saturated heterocycles. The summed E-state index contributed by atoms with van der Waals surface area (Å²) in [6.07, 6.45) is 11.4. The van der Waals surface area contributed by atoms with Crippen molar-refractivity contribution in [2.75, 3.05) is 27.2 Å². The van der Waals surface area contributed by atoms with Crippen LogP contribution in [0.15, 0.2) is 0 Å². The molecule has 24 heavy (non-hydrogen) atoms. The highest BCUT2D eigenvalue weighted by atomic mass is 35.5. The van der Waals surface area contributed by atoms with Crippen LogP contribution in [0.4, 0.5) is 0 Å². The molecule has 1 aliphatic carbocycles. The quantitative estimate of drug-likeness (QED) is 0.814. The number of amides is 1. The van der Waals surface area contributed by atoms with E-state index in [-0.39, 0.29) is 30.9 Å². The minimum Gasteiger partial charge on any atom is -0.344 e. The summed E-state index contributed by atoms with van der Waals surface area (Å²) in [5.41, 5.74) is 0. The number of piperidine rings is 1. The number of halogens is 2. The van der Waals surface area contributed by atoms with E-state index < -0.39 is 0 Å². The first-order valence-corrected chi connectivity index (χ1v) is 9.36. The Hall–Kier alpha value is -0.0300. The molecule has 3 rings (SSSR count). The molecule has 3 aliphatic rings. The summed E-state index contributed by atoms with van der Waals surface area (Å²) in [6.45, 7) is 2.12. The predicted octanol–water partition coefficient (Wildman–Crippen LogP) is 3.08. The van der Waals surface area contributed by atoms with Crippen molar-refractivity contribution in [3.05, 3.63) is 0 Å². The number of hydrogen-bond donors (Lipinski definition) is 1. The zero-order valence-corrected chi connectivity index (χ0v) is 16.8. The molecule has 6 heteroatoms. The lowest BCUT2D eigenvalue weighted by Gasteiger charge is -2.34. The highest BCUT2D eigenvalue weighted by molar-refractivity contribution is 5.85. The van der Waals surface area contributed by atoms with E-state index in [1.54, 1.807) is 0 Å². The summed E-state index contributed by atoms with van der Waals surface area (Å²) in [5.74, 6) is 1.08. The highest BCUT2D eigenvalue weighted by Gasteiger charge is 2.39. The van der Waals surface area contributed by atoms with E-state index in [2.05, 4.69) is 17.3 Å². The zero-order valence-electron chi connectivity index (χ0n) is 15.2. The van der Waals surface area contributed by atoms with E-state index in [1.165, 1.54) is 51.5 Å². The molecule has 0 radical (unpaired) electrons. The van der Waals surface area contributed by atoms with Crippen molar-refractivity contribution in [2.24, 2.45) is 5.92 Å². The first-order chi connectivity index (χ1) is 10.6. The van der Waals surface area contributed by atoms with E-state index in [0.717, 1.165) is 25.3 Å². The van der Waals surface area contributed by atoms with Gasteiger partial charge in [0.15, 0.2) is 0 Å². The Morgan fingerprint density at radius 3 is 2.54 bits per heavy atom. The number of hydrogen-bond acceptors (Lipinski definition) is 3. The Bertz CT molecular complexity index is 382. The first kappa shape index (κ1) is 22.0. The standard InChI is InChI=1S/C18H33N3O.2ClH/c1-20-11-6-5-8-15(20)10-12-21(2)18(22)17-13-14-7-3-4-9-16(14)19-17;;/h14-17,19H,3-13H2,1-2H3;2*1H. The van der Waals surface area contributed by atoms with E-state index in [9.17, 15) is 4.79 Å². The minimum atomic E-state index is 0. The van der Waals surface area contributed by atoms with Crippen molar-refractivity contribution >= 4 is 30.7 Å². The number of nitrogens with one attached hydrogen (secondary N) is 1. The second-order valence-corrected chi connectivity index (χ2v) is 7.78. The van der Waals surface area contributed by atoms with Crippen LogP contribution in [-0.4, -0.2) is 61.0 Å². The SMILES string of the molecule is CN(CCC1CCCCN1C)C(=O)C1CC2CCCCC2N1.Cl.Cl. The Labute approximate surface area is 159 Å². The monoisotopic (exact) mass is 379 g/mol. The van der Waals surface area contributed by atoms with Gasteiger partial charge in [0.1, 0.15) is 0 Å². The van der Waals surface area contributed by atoms with Gasteiger partial charge in [-0.1, -0.05) is 19.3 Å². The van der Waals surface area contributed by atoms with Gasteiger partial charge in [0.2, 0.25) is 5.91 Å². The number of carbonyl (C=O) groups is 1. The Kier molecular flexibility index (Phi) is 9.35. The fourth-order valence-electron chi connectivity index (χ4n) is 4.74. The summed E-state index contributed by atoms with van der Waals surface area (Å²) >= 11 is 0. The second kappa shape index (κ2) is 10.2. The van der Waals surface area contributed by atoms with Crippen LogP contribution < -0.4 is 5.32 Å². The Balaban J connectivity index is 0.00000144. The number of nitrogens with zero attached hydrogens (tertiary/aromatic N) is 2. The minimum absolute atomic E-state index is 0. The van der Waals surface area contributed by atoms with Crippen molar-refractivity contribution in [3.8, 4) is 0 Å². The van der Waals surface area contributed by atoms with Crippen molar-refractivity contribution < 1.29 is 4.79 Å². The molecule has 142 valence electrons. The summed E-state index contributed by atoms with van der Waals surface area (Å²) in [7, 11) is 4.23. The third-order valence-corrected chi connectivity index (χ3v) is 6.26. The fourth-order valence-corrected chi connectivity index (χ4v) is 4.74. The van der Waals surface area contributed by atoms with Crippen LogP contribution >= 0.6 is 24.8 Å². The second-order valence-electron chi connectivity index (χ2n) is 7.78. The predicted molar refractivity (Wildman–Crippen MR) is 104 cm³/mol. The molecule has 0 spiro atoms. The molecule has 0 aromatic carbocycles. The van der Waals surface area contributed by atoms with Gasteiger partial charge in [-0.2, -0.15) is 0 Å². The van der Waals surface area contributed by atoms with Crippen LogP contribution in [0.2, 0.25) is 0 Å². The topological polar surface area (TPSA) is 35.6 Å². The van der Waals surface area contributed by atoms with Crippen LogP contribution in [-0.2, 0) is 4.79 Å². The largest absolute Gasteiger partial charge is 0.344 e. The van der Waals surface area contributed by atoms with E-state index in [1.807, 2.05) is 11.9 Å². The molecule has 0 aromatic heterocycles. The number of rotatable bonds is 4. The molecule has 2 heterocycles. The van der Waals surface area contributed by atoms with Crippen LogP contribution in [0.25, 0.3) is 0 Å². The van der Waals surface area contributed by atoms with Crippen molar-refractivity contribution in [3.63, 3.8) is 0 Å². The lowest BCUT2D eigenvalue weighted by atomic mass is 9.85. The van der Waals surface area contributed by atoms with Crippen molar-refractivity contribution in [2.45, 2.75) is 75.9 Å². The van der Waals surface area contributed by atoms with Gasteiger partial charge < -0.3 is 15.1 Å². The zero-order chi connectivity index (χ0) is 15.5. The molecular formula is C18H35Cl2N3O. The van der Waals surface area contributed by atoms with Crippen LogP contribution in [0, 0.1) is 5.92 Å². The van der Waals surface area contributed by atoms with Gasteiger partial charge in [-0.25, -0.2) is 0 Å². The number of carbonyl (C=O) groups excluding carboxylic acids is 1. The Morgan fingerprint density at radius 1 is 1.12 bits per heavy atom. The first-order valence-electron chi connectivity index (χ1n) is 9.36. The van der Waals surface area contributed by atoms with Gasteiger partial charge in [-0.05, 0) is 58.0 Å². The maximum atomic E-state index is 12.7. The van der Waals surface area contributed by atoms with Crippen molar-refractivity contribution in [1.29, 1.82) is 0 Å². The lowest BCUT2D eigenvalue weighted by molar-refractivity contribution is -0.132. The van der Waals surface area contributed by atoms with Gasteiger partial charge in [-0.3, -0.25) is 4.79 Å². The van der Waals surface area contributed by atoms with Gasteiger partial charge in [0.25, 0.3) is 0 Å². The number of likely N-dealkylation sites (N-methyl/N-ethyl adjacent to an activating group) is 1. The molecule has 3 fully saturated rings. The highest BCUT2D eigenvalue weighted by Crippen LogP contribution is 2.33. The third-order valence-electron chi connectivity index (χ3n) is 6.26. The summed E-state index contributed by atoms with van der Waals surface area (Å²) in [5, 5.41) is 3.62. The molecule has 1 saturated carbocycles. The average Bonchev–Trinajstić information content (AvgIpc) is 2.97. The van der Waals surface area contributed by atoms with Crippen molar-refractivity contribution in [1.82, 2.24) is 15.1 Å². The molecule has 0 aromatic rings. The molecule has 0 bridgehead atoms. The molecule has 4 atom stereocenters. The molecule has 4 unspecified atom stereocenters. The summed E-state index contributed by atoms with van der Waals surface area (Å²) in [4.78, 5) is 17.2. The van der Waals surface area contributed by atoms with E-state index in [0.29, 0.717) is 18.0 Å². The Morgan fingerprint density at radius 2 is 1.83 bits per heavy atom. The maximum absolute atomic E-state index is 12.7. The lowest BCUT2D eigenvalue weighted by Crippen LogP contribution is -2.45. The van der Waals surface area contributed by atoms with Crippen LogP contribution in [0.5, 0.6) is 0 Å². The fraction of sp³-hybridized carbons (Fsp3) is 0.944. The average molecular weight is 380 g/mol. The molecule has 2 aliphatic heterocycles. The normalized spacial score (nSPS) is 33.1. The maximum Gasteiger partial charge on any atom is 0.239 e. The van der Waals surface area contributed by atoms with E-state index in [4.69, 9.17) is 0 Å². The van der Waals surface area contributed by atoms with Gasteiger partial charge >= 0.3 is 0 Å². The molecule has 4 nitrogen and oxygen atoms in total. The summed E-state index contributed by atoms with van der Waals surface area (Å²) in [6, 6.07) is 1.37. The molecule has 1 N–H and O–H groups in total. The van der Waals surface area contributed by atoms with Gasteiger partial charge in [-0.15, -0.1) is 24.8 Å². The van der Waals surface area contributed by atoms with Crippen LogP contribution in [0.1, 0.15) is 57.8 Å². The van der Waals surface area contributed by atoms with E-state index >= 15 is 0 Å². The van der Waals surface area contributed by atoms with Gasteiger partial charge in [0.05, 0.1) is 6.04 Å². The summed E-state index contributed by atoms with van der Waals surface area (Å²) < 4.78 is 0. The smallest absolute Gasteiger partial charge is 0.239 e. The van der Waals surface area contributed by atoms with Gasteiger partial charge in [0, 0.05) is 25.7 Å². The molecular weight excluding hydrogens is 345 g/mol. The number of likely N-dealkylation sites (tertiary alicyclic amines) is 1. The number of fused-ring (bicyclic) bond motifs is 1. The third kappa shape index (κ3) is 5.23. The van der Waals surface area contributed by atoms with Crippen LogP contribution in [0.3, 0.4) is 0 Å². The molecule has 1 amide bonds.